The van der Waals surface area contributed by atoms with Crippen LogP contribution in [0.2, 0.25) is 5.02 Å². The van der Waals surface area contributed by atoms with Crippen molar-refractivity contribution in [1.82, 2.24) is 14.8 Å². The van der Waals surface area contributed by atoms with Crippen LogP contribution in [0.15, 0.2) is 42.6 Å². The molecule has 0 saturated carbocycles. The number of amides is 1. The van der Waals surface area contributed by atoms with Crippen molar-refractivity contribution in [2.75, 3.05) is 44.2 Å². The molecule has 1 aromatic carbocycles. The average Bonchev–Trinajstić information content (AvgIpc) is 2.81. The number of carbonyl (C=O) groups excluding carboxylic acids is 1. The maximum absolute atomic E-state index is 14.1. The van der Waals surface area contributed by atoms with Crippen LogP contribution in [0.4, 0.5) is 10.2 Å². The standard InChI is InChI=1S/C24H30ClFN4O/c25-21-6-3-7-22(26)20(21)18-28-12-4-5-19(17-28)9-10-24(31)30-15-13-29(14-16-30)23-8-1-2-11-27-23/h1-3,6-8,11,19H,4-5,9-10,12-18H2/t19-/m0/s1. The molecule has 0 aliphatic carbocycles. The molecule has 0 spiro atoms. The van der Waals surface area contributed by atoms with Gasteiger partial charge in [-0.1, -0.05) is 23.7 Å². The Morgan fingerprint density at radius 3 is 2.68 bits per heavy atom. The third kappa shape index (κ3) is 5.74. The quantitative estimate of drug-likeness (QED) is 0.669. The number of piperidine rings is 1. The van der Waals surface area contributed by atoms with Crippen molar-refractivity contribution < 1.29 is 9.18 Å². The Kier molecular flexibility index (Phi) is 7.41. The van der Waals surface area contributed by atoms with Crippen molar-refractivity contribution in [2.45, 2.75) is 32.2 Å². The molecule has 2 aliphatic heterocycles. The van der Waals surface area contributed by atoms with E-state index in [1.807, 2.05) is 23.1 Å². The van der Waals surface area contributed by atoms with Gasteiger partial charge in [-0.2, -0.15) is 0 Å². The van der Waals surface area contributed by atoms with Crippen molar-refractivity contribution >= 4 is 23.3 Å². The summed E-state index contributed by atoms with van der Waals surface area (Å²) in [5.74, 6) is 1.45. The molecular weight excluding hydrogens is 415 g/mol. The molecule has 2 aromatic rings. The molecule has 4 rings (SSSR count). The highest BCUT2D eigenvalue weighted by molar-refractivity contribution is 6.31. The number of nitrogens with zero attached hydrogens (tertiary/aromatic N) is 4. The molecule has 7 heteroatoms. The van der Waals surface area contributed by atoms with Crippen LogP contribution >= 0.6 is 11.6 Å². The van der Waals surface area contributed by atoms with E-state index in [0.29, 0.717) is 29.5 Å². The van der Waals surface area contributed by atoms with Gasteiger partial charge in [-0.25, -0.2) is 9.37 Å². The zero-order chi connectivity index (χ0) is 21.6. The molecule has 0 N–H and O–H groups in total. The lowest BCUT2D eigenvalue weighted by molar-refractivity contribution is -0.131. The monoisotopic (exact) mass is 444 g/mol. The lowest BCUT2D eigenvalue weighted by atomic mass is 9.92. The van der Waals surface area contributed by atoms with Crippen LogP contribution in [0.1, 0.15) is 31.2 Å². The Morgan fingerprint density at radius 2 is 1.94 bits per heavy atom. The summed E-state index contributed by atoms with van der Waals surface area (Å²) in [4.78, 5) is 23.7. The average molecular weight is 445 g/mol. The number of carbonyl (C=O) groups is 1. The molecule has 166 valence electrons. The van der Waals surface area contributed by atoms with Gasteiger partial charge in [0.05, 0.1) is 0 Å². The number of pyridine rings is 1. The zero-order valence-electron chi connectivity index (χ0n) is 17.9. The second kappa shape index (κ2) is 10.4. The van der Waals surface area contributed by atoms with Crippen LogP contribution in [0.25, 0.3) is 0 Å². The molecule has 0 bridgehead atoms. The molecule has 1 atom stereocenters. The van der Waals surface area contributed by atoms with Gasteiger partial charge < -0.3 is 9.80 Å². The highest BCUT2D eigenvalue weighted by atomic mass is 35.5. The summed E-state index contributed by atoms with van der Waals surface area (Å²) in [6.07, 6.45) is 5.49. The Bertz CT molecular complexity index is 853. The Morgan fingerprint density at radius 1 is 1.10 bits per heavy atom. The zero-order valence-corrected chi connectivity index (χ0v) is 18.6. The predicted octanol–water partition coefficient (Wildman–Crippen LogP) is 4.22. The van der Waals surface area contributed by atoms with Crippen LogP contribution in [0.5, 0.6) is 0 Å². The molecule has 31 heavy (non-hydrogen) atoms. The highest BCUT2D eigenvalue weighted by Crippen LogP contribution is 2.26. The molecule has 2 fully saturated rings. The SMILES string of the molecule is O=C(CC[C@@H]1CCCN(Cc2c(F)cccc2Cl)C1)N1CCN(c2ccccn2)CC1. The van der Waals surface area contributed by atoms with Crippen LogP contribution in [0.3, 0.4) is 0 Å². The number of piperazine rings is 1. The van der Waals surface area contributed by atoms with E-state index in [1.54, 1.807) is 18.3 Å². The number of benzene rings is 1. The van der Waals surface area contributed by atoms with E-state index in [0.717, 1.165) is 64.3 Å². The van der Waals surface area contributed by atoms with E-state index in [9.17, 15) is 9.18 Å². The van der Waals surface area contributed by atoms with Gasteiger partial charge >= 0.3 is 0 Å². The molecule has 0 unspecified atom stereocenters. The molecule has 1 aromatic heterocycles. The first-order valence-electron chi connectivity index (χ1n) is 11.2. The van der Waals surface area contributed by atoms with Crippen molar-refractivity contribution in [1.29, 1.82) is 0 Å². The van der Waals surface area contributed by atoms with Gasteiger partial charge in [-0.05, 0) is 56.0 Å². The number of aromatic nitrogens is 1. The number of rotatable bonds is 6. The molecule has 3 heterocycles. The fourth-order valence-corrected chi connectivity index (χ4v) is 4.87. The van der Waals surface area contributed by atoms with Crippen molar-refractivity contribution in [3.63, 3.8) is 0 Å². The summed E-state index contributed by atoms with van der Waals surface area (Å²) in [7, 11) is 0. The number of anilines is 1. The number of hydrogen-bond acceptors (Lipinski definition) is 4. The summed E-state index contributed by atoms with van der Waals surface area (Å²) < 4.78 is 14.1. The van der Waals surface area contributed by atoms with Gasteiger partial charge in [0.15, 0.2) is 0 Å². The lowest BCUT2D eigenvalue weighted by Gasteiger charge is -2.36. The normalized spacial score (nSPS) is 20.1. The Balaban J connectivity index is 1.22. The lowest BCUT2D eigenvalue weighted by Crippen LogP contribution is -2.49. The molecule has 2 aliphatic rings. The predicted molar refractivity (Wildman–Crippen MR) is 122 cm³/mol. The minimum atomic E-state index is -0.241. The molecule has 0 radical (unpaired) electrons. The molecule has 1 amide bonds. The third-order valence-corrected chi connectivity index (χ3v) is 6.77. The fraction of sp³-hybridized carbons (Fsp3) is 0.500. The van der Waals surface area contributed by atoms with E-state index in [1.165, 1.54) is 6.07 Å². The smallest absolute Gasteiger partial charge is 0.222 e. The Hall–Kier alpha value is -2.18. The van der Waals surface area contributed by atoms with Crippen molar-refractivity contribution in [2.24, 2.45) is 5.92 Å². The maximum Gasteiger partial charge on any atom is 0.222 e. The van der Waals surface area contributed by atoms with Crippen LogP contribution in [-0.4, -0.2) is 60.0 Å². The van der Waals surface area contributed by atoms with Crippen LogP contribution < -0.4 is 4.90 Å². The van der Waals surface area contributed by atoms with E-state index in [-0.39, 0.29) is 11.7 Å². The van der Waals surface area contributed by atoms with Crippen LogP contribution in [0, 0.1) is 11.7 Å². The number of likely N-dealkylation sites (tertiary alicyclic amines) is 1. The van der Waals surface area contributed by atoms with E-state index < -0.39 is 0 Å². The summed E-state index contributed by atoms with van der Waals surface area (Å²) in [6.45, 7) is 5.52. The van der Waals surface area contributed by atoms with Gasteiger partial charge in [-0.15, -0.1) is 0 Å². The minimum absolute atomic E-state index is 0.241. The Labute approximate surface area is 188 Å². The first-order valence-corrected chi connectivity index (χ1v) is 11.6. The topological polar surface area (TPSA) is 39.7 Å². The minimum Gasteiger partial charge on any atom is -0.353 e. The van der Waals surface area contributed by atoms with Gasteiger partial charge in [0, 0.05) is 62.5 Å². The van der Waals surface area contributed by atoms with E-state index in [2.05, 4.69) is 14.8 Å². The summed E-state index contributed by atoms with van der Waals surface area (Å²) >= 11 is 6.20. The summed E-state index contributed by atoms with van der Waals surface area (Å²) in [6, 6.07) is 10.8. The molecule has 2 saturated heterocycles. The van der Waals surface area contributed by atoms with Crippen LogP contribution in [-0.2, 0) is 11.3 Å². The fourth-order valence-electron chi connectivity index (χ4n) is 4.65. The highest BCUT2D eigenvalue weighted by Gasteiger charge is 2.25. The van der Waals surface area contributed by atoms with Crippen molar-refractivity contribution in [3.05, 3.63) is 59.0 Å². The summed E-state index contributed by atoms with van der Waals surface area (Å²) in [5, 5.41) is 0.488. The van der Waals surface area contributed by atoms with Crippen molar-refractivity contribution in [3.8, 4) is 0 Å². The third-order valence-electron chi connectivity index (χ3n) is 6.42. The van der Waals surface area contributed by atoms with Gasteiger partial charge in [0.1, 0.15) is 11.6 Å². The maximum atomic E-state index is 14.1. The van der Waals surface area contributed by atoms with Gasteiger partial charge in [0.25, 0.3) is 0 Å². The second-order valence-electron chi connectivity index (χ2n) is 8.54. The van der Waals surface area contributed by atoms with E-state index in [4.69, 9.17) is 11.6 Å². The second-order valence-corrected chi connectivity index (χ2v) is 8.95. The number of hydrogen-bond donors (Lipinski definition) is 0. The molecular formula is C24H30ClFN4O. The number of halogens is 2. The van der Waals surface area contributed by atoms with Gasteiger partial charge in [0.2, 0.25) is 5.91 Å². The van der Waals surface area contributed by atoms with Gasteiger partial charge in [-0.3, -0.25) is 9.69 Å². The largest absolute Gasteiger partial charge is 0.353 e. The first-order chi connectivity index (χ1) is 15.1. The summed E-state index contributed by atoms with van der Waals surface area (Å²) in [5.41, 5.74) is 0.576. The van der Waals surface area contributed by atoms with E-state index >= 15 is 0 Å². The first kappa shape index (κ1) is 22.0. The molecule has 5 nitrogen and oxygen atoms in total.